The highest BCUT2D eigenvalue weighted by molar-refractivity contribution is 6.42. The molecule has 1 heterocycles. The molecular formula is C27H23Cl2NO4. The highest BCUT2D eigenvalue weighted by atomic mass is 35.5. The number of anilines is 1. The summed E-state index contributed by atoms with van der Waals surface area (Å²) >= 11 is 12.0. The average molecular weight is 496 g/mol. The number of carbonyl (C=O) groups is 1. The molecule has 1 N–H and O–H groups in total. The van der Waals surface area contributed by atoms with Gasteiger partial charge in [0.2, 0.25) is 5.91 Å². The first-order valence-electron chi connectivity index (χ1n) is 10.5. The molecule has 0 bridgehead atoms. The van der Waals surface area contributed by atoms with Crippen LogP contribution in [0.25, 0.3) is 27.7 Å². The lowest BCUT2D eigenvalue weighted by atomic mass is 9.96. The van der Waals surface area contributed by atoms with Crippen molar-refractivity contribution in [2.75, 3.05) is 19.5 Å². The van der Waals surface area contributed by atoms with E-state index in [9.17, 15) is 4.79 Å². The number of nitrogens with one attached hydrogen (secondary N) is 1. The van der Waals surface area contributed by atoms with Gasteiger partial charge < -0.3 is 19.2 Å². The van der Waals surface area contributed by atoms with Crippen LogP contribution in [0.15, 0.2) is 65.3 Å². The minimum Gasteiger partial charge on any atom is -0.496 e. The fourth-order valence-electron chi connectivity index (χ4n) is 3.97. The number of halogens is 2. The van der Waals surface area contributed by atoms with Gasteiger partial charge in [0.1, 0.15) is 17.1 Å². The van der Waals surface area contributed by atoms with Gasteiger partial charge in [0.05, 0.1) is 30.5 Å². The second kappa shape index (κ2) is 9.84. The predicted octanol–water partition coefficient (Wildman–Crippen LogP) is 7.77. The summed E-state index contributed by atoms with van der Waals surface area (Å²) in [6.07, 6.45) is 3.24. The van der Waals surface area contributed by atoms with Crippen LogP contribution >= 0.6 is 23.2 Å². The van der Waals surface area contributed by atoms with Crippen molar-refractivity contribution >= 4 is 51.3 Å². The molecule has 0 unspecified atom stereocenters. The number of para-hydroxylation sites is 1. The Morgan fingerprint density at radius 2 is 1.76 bits per heavy atom. The van der Waals surface area contributed by atoms with Gasteiger partial charge in [0.15, 0.2) is 0 Å². The first-order valence-corrected chi connectivity index (χ1v) is 11.3. The molecule has 0 atom stereocenters. The number of benzene rings is 3. The number of fused-ring (bicyclic) bond motifs is 1. The Labute approximate surface area is 207 Å². The Morgan fingerprint density at radius 3 is 2.47 bits per heavy atom. The van der Waals surface area contributed by atoms with Crippen LogP contribution in [-0.2, 0) is 4.79 Å². The summed E-state index contributed by atoms with van der Waals surface area (Å²) in [7, 11) is 3.24. The zero-order valence-electron chi connectivity index (χ0n) is 19.2. The summed E-state index contributed by atoms with van der Waals surface area (Å²) < 4.78 is 17.2. The molecule has 3 aromatic carbocycles. The maximum absolute atomic E-state index is 12.7. The van der Waals surface area contributed by atoms with E-state index in [0.717, 1.165) is 44.5 Å². The van der Waals surface area contributed by atoms with Crippen molar-refractivity contribution in [2.24, 2.45) is 0 Å². The standard InChI is InChI=1S/C27H23Cl2NO4/c1-15(11-25(31)30-17-9-10-22(28)23(29)12-17)19-13-20-21(18-7-5-6-8-24(18)32-3)14-34-27(20)16(2)26(19)33-4/h5-14H,1-4H3,(H,30,31)/b15-11+. The van der Waals surface area contributed by atoms with Crippen molar-refractivity contribution in [1.82, 2.24) is 0 Å². The minimum absolute atomic E-state index is 0.298. The van der Waals surface area contributed by atoms with Gasteiger partial charge in [0.25, 0.3) is 0 Å². The van der Waals surface area contributed by atoms with Crippen LogP contribution < -0.4 is 14.8 Å². The normalized spacial score (nSPS) is 11.5. The van der Waals surface area contributed by atoms with Crippen molar-refractivity contribution in [3.63, 3.8) is 0 Å². The second-order valence-corrected chi connectivity index (χ2v) is 8.57. The number of hydrogen-bond donors (Lipinski definition) is 1. The molecule has 0 saturated carbocycles. The summed E-state index contributed by atoms with van der Waals surface area (Å²) in [5.74, 6) is 1.09. The number of aryl methyl sites for hydroxylation is 1. The molecule has 0 aliphatic rings. The van der Waals surface area contributed by atoms with Crippen molar-refractivity contribution in [1.29, 1.82) is 0 Å². The highest BCUT2D eigenvalue weighted by Gasteiger charge is 2.20. The van der Waals surface area contributed by atoms with Gasteiger partial charge >= 0.3 is 0 Å². The largest absolute Gasteiger partial charge is 0.496 e. The first kappa shape index (κ1) is 23.7. The van der Waals surface area contributed by atoms with E-state index in [1.807, 2.05) is 44.2 Å². The minimum atomic E-state index is -0.298. The van der Waals surface area contributed by atoms with Gasteiger partial charge in [-0.2, -0.15) is 0 Å². The van der Waals surface area contributed by atoms with Gasteiger partial charge in [-0.25, -0.2) is 0 Å². The van der Waals surface area contributed by atoms with Crippen LogP contribution in [-0.4, -0.2) is 20.1 Å². The number of furan rings is 1. The van der Waals surface area contributed by atoms with Gasteiger partial charge in [-0.3, -0.25) is 4.79 Å². The lowest BCUT2D eigenvalue weighted by Crippen LogP contribution is -2.08. The third-order valence-electron chi connectivity index (χ3n) is 5.60. The summed E-state index contributed by atoms with van der Waals surface area (Å²) in [4.78, 5) is 12.7. The van der Waals surface area contributed by atoms with Crippen LogP contribution in [0.5, 0.6) is 11.5 Å². The fraction of sp³-hybridized carbons (Fsp3) is 0.148. The first-order chi connectivity index (χ1) is 16.3. The molecule has 0 fully saturated rings. The van der Waals surface area contributed by atoms with E-state index in [2.05, 4.69) is 5.32 Å². The Hall–Kier alpha value is -3.41. The number of methoxy groups -OCH3 is 2. The molecule has 34 heavy (non-hydrogen) atoms. The van der Waals surface area contributed by atoms with Crippen LogP contribution in [0.3, 0.4) is 0 Å². The van der Waals surface area contributed by atoms with E-state index < -0.39 is 0 Å². The quantitative estimate of drug-likeness (QED) is 0.277. The molecular weight excluding hydrogens is 473 g/mol. The van der Waals surface area contributed by atoms with E-state index in [-0.39, 0.29) is 5.91 Å². The highest BCUT2D eigenvalue weighted by Crippen LogP contribution is 2.42. The van der Waals surface area contributed by atoms with E-state index in [0.29, 0.717) is 21.5 Å². The van der Waals surface area contributed by atoms with Gasteiger partial charge in [-0.15, -0.1) is 0 Å². The van der Waals surface area contributed by atoms with E-state index >= 15 is 0 Å². The third kappa shape index (κ3) is 4.49. The second-order valence-electron chi connectivity index (χ2n) is 7.75. The molecule has 4 rings (SSSR count). The summed E-state index contributed by atoms with van der Waals surface area (Å²) in [6, 6.07) is 14.7. The van der Waals surface area contributed by atoms with Crippen LogP contribution in [0, 0.1) is 6.92 Å². The van der Waals surface area contributed by atoms with Crippen molar-refractivity contribution < 1.29 is 18.7 Å². The maximum atomic E-state index is 12.7. The Kier molecular flexibility index (Phi) is 6.87. The van der Waals surface area contributed by atoms with E-state index in [1.165, 1.54) is 6.08 Å². The van der Waals surface area contributed by atoms with Gasteiger partial charge in [-0.05, 0) is 49.8 Å². The molecule has 4 aromatic rings. The topological polar surface area (TPSA) is 60.7 Å². The van der Waals surface area contributed by atoms with Crippen molar-refractivity contribution in [3.05, 3.63) is 82.0 Å². The number of allylic oxidation sites excluding steroid dienone is 1. The average Bonchev–Trinajstić information content (AvgIpc) is 3.25. The van der Waals surface area contributed by atoms with E-state index in [1.54, 1.807) is 38.7 Å². The van der Waals surface area contributed by atoms with Crippen molar-refractivity contribution in [3.8, 4) is 22.6 Å². The Balaban J connectivity index is 1.77. The number of rotatable bonds is 6. The van der Waals surface area contributed by atoms with Gasteiger partial charge in [0, 0.05) is 39.4 Å². The Morgan fingerprint density at radius 1 is 1.00 bits per heavy atom. The molecule has 0 spiro atoms. The summed E-state index contributed by atoms with van der Waals surface area (Å²) in [6.45, 7) is 3.80. The molecule has 0 radical (unpaired) electrons. The molecule has 5 nitrogen and oxygen atoms in total. The monoisotopic (exact) mass is 495 g/mol. The van der Waals surface area contributed by atoms with Crippen LogP contribution in [0.2, 0.25) is 10.0 Å². The lowest BCUT2D eigenvalue weighted by molar-refractivity contribution is -0.111. The number of ether oxygens (including phenoxy) is 2. The molecule has 1 amide bonds. The summed E-state index contributed by atoms with van der Waals surface area (Å²) in [5.41, 5.74) is 5.44. The van der Waals surface area contributed by atoms with E-state index in [4.69, 9.17) is 37.1 Å². The number of carbonyl (C=O) groups excluding carboxylic acids is 1. The van der Waals surface area contributed by atoms with Crippen LogP contribution in [0.1, 0.15) is 18.1 Å². The number of amides is 1. The molecule has 0 aliphatic carbocycles. The van der Waals surface area contributed by atoms with Crippen molar-refractivity contribution in [2.45, 2.75) is 13.8 Å². The molecule has 0 aliphatic heterocycles. The lowest BCUT2D eigenvalue weighted by Gasteiger charge is -2.14. The zero-order chi connectivity index (χ0) is 24.4. The number of hydrogen-bond acceptors (Lipinski definition) is 4. The SMILES string of the molecule is COc1ccccc1-c1coc2c(C)c(OC)c(/C(C)=C/C(=O)Nc3ccc(Cl)c(Cl)c3)cc12. The third-order valence-corrected chi connectivity index (χ3v) is 6.34. The molecule has 174 valence electrons. The molecule has 0 saturated heterocycles. The smallest absolute Gasteiger partial charge is 0.248 e. The molecule has 1 aromatic heterocycles. The van der Waals surface area contributed by atoms with Crippen LogP contribution in [0.4, 0.5) is 5.69 Å². The van der Waals surface area contributed by atoms with Gasteiger partial charge in [-0.1, -0.05) is 41.4 Å². The molecule has 7 heteroatoms. The fourth-order valence-corrected chi connectivity index (χ4v) is 4.27. The summed E-state index contributed by atoms with van der Waals surface area (Å²) in [5, 5.41) is 4.50. The maximum Gasteiger partial charge on any atom is 0.248 e. The zero-order valence-corrected chi connectivity index (χ0v) is 20.7. The Bertz CT molecular complexity index is 1420. The predicted molar refractivity (Wildman–Crippen MR) is 138 cm³/mol.